The molecule has 0 N–H and O–H groups in total. The molecule has 3 aromatic rings. The molecule has 2 aromatic carbocycles. The van der Waals surface area contributed by atoms with Crippen LogP contribution in [0.1, 0.15) is 5.56 Å². The standard InChI is InChI=1S/C25H23N3O4/c1-31-24(29)20-10-6-7-14-28(23(20)25(30)32-2)19-11-12-22-21(16-19)26-17-27(22)15-13-18-8-4-3-5-9-18/h3-12,14,16-17H,13,15H2,1-2H3. The Bertz CT molecular complexity index is 1240. The van der Waals surface area contributed by atoms with Gasteiger partial charge in [-0.2, -0.15) is 0 Å². The van der Waals surface area contributed by atoms with E-state index in [2.05, 4.69) is 21.7 Å². The largest absolute Gasteiger partial charge is 0.465 e. The molecule has 0 unspecified atom stereocenters. The number of rotatable bonds is 6. The van der Waals surface area contributed by atoms with Gasteiger partial charge in [-0.25, -0.2) is 14.6 Å². The molecule has 0 spiro atoms. The number of aromatic nitrogens is 2. The van der Waals surface area contributed by atoms with E-state index in [1.807, 2.05) is 42.7 Å². The lowest BCUT2D eigenvalue weighted by Gasteiger charge is -2.23. The first-order valence-electron chi connectivity index (χ1n) is 10.2. The molecular formula is C25H23N3O4. The van der Waals surface area contributed by atoms with Crippen molar-refractivity contribution in [2.45, 2.75) is 13.0 Å². The molecule has 0 saturated carbocycles. The van der Waals surface area contributed by atoms with Crippen molar-refractivity contribution in [3.63, 3.8) is 0 Å². The number of aryl methyl sites for hydroxylation is 2. The van der Waals surface area contributed by atoms with Crippen LogP contribution in [0.5, 0.6) is 0 Å². The first-order valence-corrected chi connectivity index (χ1v) is 10.2. The van der Waals surface area contributed by atoms with E-state index < -0.39 is 11.9 Å². The van der Waals surface area contributed by atoms with E-state index in [0.29, 0.717) is 5.69 Å². The number of fused-ring (bicyclic) bond motifs is 1. The average Bonchev–Trinajstić information content (AvgIpc) is 3.11. The van der Waals surface area contributed by atoms with E-state index in [1.54, 1.807) is 23.3 Å². The van der Waals surface area contributed by atoms with Gasteiger partial charge in [-0.1, -0.05) is 36.4 Å². The second-order valence-corrected chi connectivity index (χ2v) is 7.16. The Morgan fingerprint density at radius 3 is 2.50 bits per heavy atom. The van der Waals surface area contributed by atoms with Gasteiger partial charge in [0.15, 0.2) is 0 Å². The lowest BCUT2D eigenvalue weighted by atomic mass is 10.1. The Kier molecular flexibility index (Phi) is 6.17. The van der Waals surface area contributed by atoms with Gasteiger partial charge in [0.2, 0.25) is 0 Å². The summed E-state index contributed by atoms with van der Waals surface area (Å²) >= 11 is 0. The molecular weight excluding hydrogens is 406 g/mol. The van der Waals surface area contributed by atoms with Gasteiger partial charge in [-0.3, -0.25) is 0 Å². The van der Waals surface area contributed by atoms with Gasteiger partial charge in [0.25, 0.3) is 0 Å². The van der Waals surface area contributed by atoms with Crippen LogP contribution in [-0.4, -0.2) is 35.7 Å². The highest BCUT2D eigenvalue weighted by Crippen LogP contribution is 2.29. The highest BCUT2D eigenvalue weighted by Gasteiger charge is 2.27. The van der Waals surface area contributed by atoms with Gasteiger partial charge in [0, 0.05) is 18.4 Å². The summed E-state index contributed by atoms with van der Waals surface area (Å²) in [4.78, 5) is 31.1. The maximum Gasteiger partial charge on any atom is 0.355 e. The van der Waals surface area contributed by atoms with Gasteiger partial charge in [-0.15, -0.1) is 0 Å². The van der Waals surface area contributed by atoms with E-state index in [1.165, 1.54) is 25.9 Å². The van der Waals surface area contributed by atoms with Gasteiger partial charge in [0.1, 0.15) is 5.70 Å². The third-order valence-electron chi connectivity index (χ3n) is 5.26. The number of imidazole rings is 1. The van der Waals surface area contributed by atoms with Gasteiger partial charge in [0.05, 0.1) is 37.2 Å². The number of anilines is 1. The van der Waals surface area contributed by atoms with Crippen molar-refractivity contribution in [1.82, 2.24) is 9.55 Å². The summed E-state index contributed by atoms with van der Waals surface area (Å²) in [5.74, 6) is -1.27. The van der Waals surface area contributed by atoms with Crippen LogP contribution < -0.4 is 4.90 Å². The molecule has 32 heavy (non-hydrogen) atoms. The fraction of sp³-hybridized carbons (Fsp3) is 0.160. The van der Waals surface area contributed by atoms with Crippen molar-refractivity contribution in [1.29, 1.82) is 0 Å². The number of esters is 2. The second kappa shape index (κ2) is 9.34. The summed E-state index contributed by atoms with van der Waals surface area (Å²) in [6.07, 6.45) is 9.35. The molecule has 0 amide bonds. The highest BCUT2D eigenvalue weighted by atomic mass is 16.5. The lowest BCUT2D eigenvalue weighted by molar-refractivity contribution is -0.139. The lowest BCUT2D eigenvalue weighted by Crippen LogP contribution is -2.26. The number of hydrogen-bond acceptors (Lipinski definition) is 6. The van der Waals surface area contributed by atoms with Crippen molar-refractivity contribution in [2.24, 2.45) is 0 Å². The number of allylic oxidation sites excluding steroid dienone is 2. The summed E-state index contributed by atoms with van der Waals surface area (Å²) in [5.41, 5.74) is 3.89. The predicted molar refractivity (Wildman–Crippen MR) is 122 cm³/mol. The van der Waals surface area contributed by atoms with Crippen LogP contribution in [0.25, 0.3) is 11.0 Å². The molecule has 1 aliphatic rings. The van der Waals surface area contributed by atoms with E-state index in [9.17, 15) is 9.59 Å². The molecule has 0 radical (unpaired) electrons. The first kappa shape index (κ1) is 21.1. The van der Waals surface area contributed by atoms with Crippen molar-refractivity contribution in [3.8, 4) is 0 Å². The molecule has 7 nitrogen and oxygen atoms in total. The van der Waals surface area contributed by atoms with Gasteiger partial charge >= 0.3 is 11.9 Å². The number of ether oxygens (including phenoxy) is 2. The molecule has 1 aromatic heterocycles. The molecule has 0 fully saturated rings. The summed E-state index contributed by atoms with van der Waals surface area (Å²) in [7, 11) is 2.55. The van der Waals surface area contributed by atoms with E-state index >= 15 is 0 Å². The van der Waals surface area contributed by atoms with Crippen LogP contribution in [0.2, 0.25) is 0 Å². The Labute approximate surface area is 185 Å². The van der Waals surface area contributed by atoms with Crippen LogP contribution in [-0.2, 0) is 32.0 Å². The third kappa shape index (κ3) is 4.18. The Morgan fingerprint density at radius 2 is 1.75 bits per heavy atom. The average molecular weight is 429 g/mol. The topological polar surface area (TPSA) is 73.7 Å². The molecule has 4 rings (SSSR count). The summed E-state index contributed by atoms with van der Waals surface area (Å²) in [6.45, 7) is 0.799. The highest BCUT2D eigenvalue weighted by molar-refractivity contribution is 6.05. The second-order valence-electron chi connectivity index (χ2n) is 7.16. The Hall–Kier alpha value is -4.13. The van der Waals surface area contributed by atoms with Crippen LogP contribution in [0, 0.1) is 0 Å². The van der Waals surface area contributed by atoms with Crippen molar-refractivity contribution >= 4 is 28.7 Å². The minimum atomic E-state index is -0.643. The van der Waals surface area contributed by atoms with Crippen molar-refractivity contribution in [2.75, 3.05) is 19.1 Å². The molecule has 2 heterocycles. The smallest absolute Gasteiger partial charge is 0.355 e. The van der Waals surface area contributed by atoms with Crippen LogP contribution in [0.15, 0.2) is 90.6 Å². The Balaban J connectivity index is 1.69. The third-order valence-corrected chi connectivity index (χ3v) is 5.26. The minimum Gasteiger partial charge on any atom is -0.465 e. The SMILES string of the molecule is COC(=O)C1=C(C(=O)OC)N(c2ccc3c(c2)ncn3CCc2ccccc2)C=CC=C1. The van der Waals surface area contributed by atoms with E-state index in [0.717, 1.165) is 24.0 Å². The summed E-state index contributed by atoms with van der Waals surface area (Å²) in [5, 5.41) is 0. The first-order chi connectivity index (χ1) is 15.6. The number of methoxy groups -OCH3 is 2. The fourth-order valence-electron chi connectivity index (χ4n) is 3.64. The van der Waals surface area contributed by atoms with Crippen LogP contribution in [0.4, 0.5) is 5.69 Å². The number of hydrogen-bond donors (Lipinski definition) is 0. The van der Waals surface area contributed by atoms with Crippen molar-refractivity contribution in [3.05, 3.63) is 96.1 Å². The van der Waals surface area contributed by atoms with E-state index in [-0.39, 0.29) is 11.3 Å². The molecule has 162 valence electrons. The number of nitrogens with zero attached hydrogens (tertiary/aromatic N) is 3. The quantitative estimate of drug-likeness (QED) is 0.556. The molecule has 0 saturated heterocycles. The molecule has 0 aliphatic carbocycles. The minimum absolute atomic E-state index is 0.0761. The molecule has 1 aliphatic heterocycles. The monoisotopic (exact) mass is 429 g/mol. The summed E-state index contributed by atoms with van der Waals surface area (Å²) < 4.78 is 11.9. The van der Waals surface area contributed by atoms with Crippen LogP contribution in [0.3, 0.4) is 0 Å². The van der Waals surface area contributed by atoms with Crippen molar-refractivity contribution < 1.29 is 19.1 Å². The summed E-state index contributed by atoms with van der Waals surface area (Å²) in [6, 6.07) is 16.0. The van der Waals surface area contributed by atoms with E-state index in [4.69, 9.17) is 9.47 Å². The molecule has 7 heteroatoms. The van der Waals surface area contributed by atoms with Gasteiger partial charge in [-0.05, 0) is 42.3 Å². The molecule has 0 atom stereocenters. The van der Waals surface area contributed by atoms with Gasteiger partial charge < -0.3 is 18.9 Å². The maximum absolute atomic E-state index is 12.6. The number of benzene rings is 2. The predicted octanol–water partition coefficient (Wildman–Crippen LogP) is 3.77. The zero-order valence-electron chi connectivity index (χ0n) is 17.9. The fourth-order valence-corrected chi connectivity index (χ4v) is 3.64. The number of carbonyl (C=O) groups excluding carboxylic acids is 2. The van der Waals surface area contributed by atoms with Crippen LogP contribution >= 0.6 is 0 Å². The molecule has 0 bridgehead atoms. The maximum atomic E-state index is 12.6. The zero-order chi connectivity index (χ0) is 22.5. The Morgan fingerprint density at radius 1 is 0.969 bits per heavy atom. The number of carbonyl (C=O) groups is 2. The zero-order valence-corrected chi connectivity index (χ0v) is 17.9. The normalized spacial score (nSPS) is 13.4.